The van der Waals surface area contributed by atoms with Crippen molar-refractivity contribution < 1.29 is 9.47 Å². The summed E-state index contributed by atoms with van der Waals surface area (Å²) in [7, 11) is 1.76. The van der Waals surface area contributed by atoms with Crippen molar-refractivity contribution in [1.82, 2.24) is 10.6 Å². The molecule has 0 aromatic rings. The van der Waals surface area contributed by atoms with Gasteiger partial charge in [0.15, 0.2) is 0 Å². The number of hydrogen-bond donors (Lipinski definition) is 2. The molecule has 0 spiro atoms. The molecule has 4 nitrogen and oxygen atoms in total. The van der Waals surface area contributed by atoms with Crippen LogP contribution in [-0.2, 0) is 9.47 Å². The fourth-order valence-electron chi connectivity index (χ4n) is 1.80. The first-order chi connectivity index (χ1) is 7.64. The zero-order valence-electron chi connectivity index (χ0n) is 10.8. The van der Waals surface area contributed by atoms with Crippen LogP contribution in [0.25, 0.3) is 0 Å². The molecule has 4 heteroatoms. The van der Waals surface area contributed by atoms with Gasteiger partial charge in [0.05, 0.1) is 13.2 Å². The highest BCUT2D eigenvalue weighted by molar-refractivity contribution is 4.76. The van der Waals surface area contributed by atoms with Gasteiger partial charge in [-0.1, -0.05) is 13.8 Å². The molecule has 0 aromatic carbocycles. The third-order valence-corrected chi connectivity index (χ3v) is 2.98. The third kappa shape index (κ3) is 5.80. The molecule has 1 fully saturated rings. The van der Waals surface area contributed by atoms with Crippen molar-refractivity contribution in [2.75, 3.05) is 46.6 Å². The minimum Gasteiger partial charge on any atom is -0.385 e. The highest BCUT2D eigenvalue weighted by atomic mass is 16.5. The first kappa shape index (κ1) is 13.9. The van der Waals surface area contributed by atoms with Crippen LogP contribution in [0.4, 0.5) is 0 Å². The molecule has 1 aliphatic rings. The van der Waals surface area contributed by atoms with Crippen molar-refractivity contribution >= 4 is 0 Å². The molecule has 16 heavy (non-hydrogen) atoms. The van der Waals surface area contributed by atoms with Gasteiger partial charge in [0.2, 0.25) is 0 Å². The van der Waals surface area contributed by atoms with E-state index in [4.69, 9.17) is 9.47 Å². The van der Waals surface area contributed by atoms with E-state index in [-0.39, 0.29) is 0 Å². The number of ether oxygens (including phenoxy) is 2. The lowest BCUT2D eigenvalue weighted by Crippen LogP contribution is -2.48. The topological polar surface area (TPSA) is 42.5 Å². The molecule has 1 atom stereocenters. The van der Waals surface area contributed by atoms with E-state index in [0.717, 1.165) is 45.9 Å². The van der Waals surface area contributed by atoms with E-state index in [1.165, 1.54) is 0 Å². The van der Waals surface area contributed by atoms with E-state index < -0.39 is 0 Å². The van der Waals surface area contributed by atoms with Crippen LogP contribution in [0.3, 0.4) is 0 Å². The molecule has 1 rings (SSSR count). The van der Waals surface area contributed by atoms with Gasteiger partial charge < -0.3 is 20.1 Å². The van der Waals surface area contributed by atoms with E-state index in [2.05, 4.69) is 24.5 Å². The van der Waals surface area contributed by atoms with Crippen molar-refractivity contribution in [2.45, 2.75) is 26.3 Å². The molecule has 0 radical (unpaired) electrons. The Hall–Kier alpha value is -0.160. The van der Waals surface area contributed by atoms with Crippen molar-refractivity contribution in [2.24, 2.45) is 5.41 Å². The maximum atomic E-state index is 5.41. The summed E-state index contributed by atoms with van der Waals surface area (Å²) in [5.41, 5.74) is 0.297. The molecule has 1 heterocycles. The number of nitrogens with one attached hydrogen (secondary N) is 2. The Balaban J connectivity index is 2.08. The highest BCUT2D eigenvalue weighted by Gasteiger charge is 2.18. The first-order valence-corrected chi connectivity index (χ1v) is 6.15. The largest absolute Gasteiger partial charge is 0.385 e. The van der Waals surface area contributed by atoms with Crippen molar-refractivity contribution in [3.8, 4) is 0 Å². The Bertz CT molecular complexity index is 180. The van der Waals surface area contributed by atoms with Gasteiger partial charge in [0, 0.05) is 39.4 Å². The van der Waals surface area contributed by atoms with Gasteiger partial charge in [0.25, 0.3) is 0 Å². The molecular weight excluding hydrogens is 204 g/mol. The maximum absolute atomic E-state index is 5.41. The second-order valence-corrected chi connectivity index (χ2v) is 5.26. The average molecular weight is 230 g/mol. The lowest BCUT2D eigenvalue weighted by atomic mass is 9.89. The van der Waals surface area contributed by atoms with Crippen LogP contribution >= 0.6 is 0 Å². The molecule has 1 saturated heterocycles. The summed E-state index contributed by atoms with van der Waals surface area (Å²) >= 11 is 0. The Kier molecular flexibility index (Phi) is 6.28. The monoisotopic (exact) mass is 230 g/mol. The molecule has 0 aromatic heterocycles. The van der Waals surface area contributed by atoms with E-state index in [9.17, 15) is 0 Å². The molecule has 0 bridgehead atoms. The van der Waals surface area contributed by atoms with Crippen LogP contribution in [0.2, 0.25) is 0 Å². The molecule has 1 aliphatic heterocycles. The number of methoxy groups -OCH3 is 1. The predicted molar refractivity (Wildman–Crippen MR) is 65.8 cm³/mol. The van der Waals surface area contributed by atoms with Gasteiger partial charge in [-0.3, -0.25) is 0 Å². The number of morpholine rings is 1. The van der Waals surface area contributed by atoms with Gasteiger partial charge in [-0.15, -0.1) is 0 Å². The minimum absolute atomic E-state index is 0.297. The molecule has 96 valence electrons. The fourth-order valence-corrected chi connectivity index (χ4v) is 1.80. The third-order valence-electron chi connectivity index (χ3n) is 2.98. The first-order valence-electron chi connectivity index (χ1n) is 6.15. The molecule has 0 saturated carbocycles. The average Bonchev–Trinajstić information content (AvgIpc) is 2.28. The molecule has 2 N–H and O–H groups in total. The Morgan fingerprint density at radius 3 is 2.94 bits per heavy atom. The van der Waals surface area contributed by atoms with E-state index in [1.54, 1.807) is 7.11 Å². The minimum atomic E-state index is 0.297. The number of hydrogen-bond acceptors (Lipinski definition) is 4. The second-order valence-electron chi connectivity index (χ2n) is 5.26. The zero-order valence-corrected chi connectivity index (χ0v) is 10.8. The van der Waals surface area contributed by atoms with Gasteiger partial charge in [-0.2, -0.15) is 0 Å². The summed E-state index contributed by atoms with van der Waals surface area (Å²) in [6.45, 7) is 10.0. The second kappa shape index (κ2) is 7.22. The Morgan fingerprint density at radius 2 is 2.31 bits per heavy atom. The van der Waals surface area contributed by atoms with Crippen molar-refractivity contribution in [3.05, 3.63) is 0 Å². The summed E-state index contributed by atoms with van der Waals surface area (Å²) in [4.78, 5) is 0. The maximum Gasteiger partial charge on any atom is 0.0632 e. The molecule has 0 amide bonds. The SMILES string of the molecule is COCCC(C)(C)CNCC1COCCN1. The molecule has 0 aliphatic carbocycles. The summed E-state index contributed by atoms with van der Waals surface area (Å²) in [6, 6.07) is 0.465. The van der Waals surface area contributed by atoms with Crippen LogP contribution < -0.4 is 10.6 Å². The van der Waals surface area contributed by atoms with Crippen LogP contribution in [0.5, 0.6) is 0 Å². The Morgan fingerprint density at radius 1 is 1.50 bits per heavy atom. The standard InChI is InChI=1S/C12H26N2O2/c1-12(2,4-6-15-3)10-13-8-11-9-16-7-5-14-11/h11,13-14H,4-10H2,1-3H3. The quantitative estimate of drug-likeness (QED) is 0.673. The molecular formula is C12H26N2O2. The lowest BCUT2D eigenvalue weighted by molar-refractivity contribution is 0.0752. The fraction of sp³-hybridized carbons (Fsp3) is 1.00. The van der Waals surface area contributed by atoms with Gasteiger partial charge in [0.1, 0.15) is 0 Å². The summed E-state index contributed by atoms with van der Waals surface area (Å²) in [5, 5.41) is 6.94. The summed E-state index contributed by atoms with van der Waals surface area (Å²) < 4.78 is 10.5. The summed E-state index contributed by atoms with van der Waals surface area (Å²) in [6.07, 6.45) is 1.09. The summed E-state index contributed by atoms with van der Waals surface area (Å²) in [5.74, 6) is 0. The zero-order chi connectivity index (χ0) is 11.9. The smallest absolute Gasteiger partial charge is 0.0632 e. The normalized spacial score (nSPS) is 22.3. The van der Waals surface area contributed by atoms with E-state index in [1.807, 2.05) is 0 Å². The number of rotatable bonds is 7. The van der Waals surface area contributed by atoms with Crippen LogP contribution in [0.1, 0.15) is 20.3 Å². The van der Waals surface area contributed by atoms with Crippen LogP contribution in [-0.4, -0.2) is 52.6 Å². The van der Waals surface area contributed by atoms with E-state index >= 15 is 0 Å². The van der Waals surface area contributed by atoms with Gasteiger partial charge in [-0.25, -0.2) is 0 Å². The van der Waals surface area contributed by atoms with Crippen LogP contribution in [0, 0.1) is 5.41 Å². The van der Waals surface area contributed by atoms with E-state index in [0.29, 0.717) is 11.5 Å². The lowest BCUT2D eigenvalue weighted by Gasteiger charge is -2.28. The van der Waals surface area contributed by atoms with Gasteiger partial charge >= 0.3 is 0 Å². The Labute approximate surface area is 99.1 Å². The predicted octanol–water partition coefficient (Wildman–Crippen LogP) is 0.627. The van der Waals surface area contributed by atoms with Crippen LogP contribution in [0.15, 0.2) is 0 Å². The van der Waals surface area contributed by atoms with Crippen molar-refractivity contribution in [3.63, 3.8) is 0 Å². The van der Waals surface area contributed by atoms with Gasteiger partial charge in [-0.05, 0) is 11.8 Å². The van der Waals surface area contributed by atoms with Crippen molar-refractivity contribution in [1.29, 1.82) is 0 Å². The highest BCUT2D eigenvalue weighted by Crippen LogP contribution is 2.18. The molecule has 1 unspecified atom stereocenters.